The van der Waals surface area contributed by atoms with Gasteiger partial charge in [0.2, 0.25) is 0 Å². The third-order valence-electron chi connectivity index (χ3n) is 1.93. The van der Waals surface area contributed by atoms with Gasteiger partial charge in [0.1, 0.15) is 0 Å². The van der Waals surface area contributed by atoms with Crippen molar-refractivity contribution in [2.24, 2.45) is 5.92 Å². The van der Waals surface area contributed by atoms with Crippen LogP contribution in [0.2, 0.25) is 0 Å². The molecule has 1 atom stereocenters. The molecule has 0 heterocycles. The zero-order valence-electron chi connectivity index (χ0n) is 10.3. The van der Waals surface area contributed by atoms with E-state index in [4.69, 9.17) is 4.74 Å². The fourth-order valence-electron chi connectivity index (χ4n) is 1.10. The number of carbonyl (C=O) groups is 2. The Balaban J connectivity index is 3.78. The van der Waals surface area contributed by atoms with E-state index in [0.717, 1.165) is 6.42 Å². The number of hydrogen-bond acceptors (Lipinski definition) is 5. The van der Waals surface area contributed by atoms with Gasteiger partial charge in [-0.05, 0) is 20.3 Å². The summed E-state index contributed by atoms with van der Waals surface area (Å²) in [5.41, 5.74) is 0. The Morgan fingerprint density at radius 3 is 2.38 bits per heavy atom. The average Bonchev–Trinajstić information content (AvgIpc) is 2.22. The number of ether oxygens (including phenoxy) is 2. The van der Waals surface area contributed by atoms with E-state index in [0.29, 0.717) is 5.75 Å². The van der Waals surface area contributed by atoms with Crippen molar-refractivity contribution in [3.05, 3.63) is 0 Å². The van der Waals surface area contributed by atoms with Crippen LogP contribution in [-0.4, -0.2) is 36.7 Å². The lowest BCUT2D eigenvalue weighted by molar-refractivity contribution is -0.145. The van der Waals surface area contributed by atoms with E-state index in [9.17, 15) is 9.59 Å². The van der Waals surface area contributed by atoms with E-state index in [-0.39, 0.29) is 29.7 Å². The summed E-state index contributed by atoms with van der Waals surface area (Å²) in [7, 11) is 1.38. The predicted octanol–water partition coefficient (Wildman–Crippen LogP) is 1.87. The van der Waals surface area contributed by atoms with E-state index < -0.39 is 0 Å². The second kappa shape index (κ2) is 8.44. The molecule has 4 nitrogen and oxygen atoms in total. The largest absolute Gasteiger partial charge is 0.469 e. The van der Waals surface area contributed by atoms with Gasteiger partial charge in [-0.15, -0.1) is 11.8 Å². The molecule has 0 radical (unpaired) electrons. The summed E-state index contributed by atoms with van der Waals surface area (Å²) in [6.45, 7) is 5.55. The third-order valence-corrected chi connectivity index (χ3v) is 3.01. The van der Waals surface area contributed by atoms with Crippen LogP contribution in [0, 0.1) is 5.92 Å². The average molecular weight is 248 g/mol. The first-order valence-corrected chi connectivity index (χ1v) is 6.51. The normalized spacial score (nSPS) is 12.3. The second-order valence-electron chi connectivity index (χ2n) is 3.68. The molecule has 0 aromatic carbocycles. The third kappa shape index (κ3) is 6.71. The van der Waals surface area contributed by atoms with Crippen LogP contribution in [0.3, 0.4) is 0 Å². The maximum atomic E-state index is 11.2. The van der Waals surface area contributed by atoms with Crippen molar-refractivity contribution in [3.8, 4) is 0 Å². The van der Waals surface area contributed by atoms with Crippen molar-refractivity contribution in [3.63, 3.8) is 0 Å². The summed E-state index contributed by atoms with van der Waals surface area (Å²) in [6.07, 6.45) is 0.634. The summed E-state index contributed by atoms with van der Waals surface area (Å²) >= 11 is 1.40. The molecule has 0 aromatic heterocycles. The molecule has 0 N–H and O–H groups in total. The smallest absolute Gasteiger partial charge is 0.316 e. The molecule has 16 heavy (non-hydrogen) atoms. The van der Waals surface area contributed by atoms with Gasteiger partial charge in [-0.1, -0.05) is 6.92 Å². The zero-order chi connectivity index (χ0) is 12.6. The lowest BCUT2D eigenvalue weighted by Gasteiger charge is -2.12. The highest BCUT2D eigenvalue weighted by Gasteiger charge is 2.17. The highest BCUT2D eigenvalue weighted by Crippen LogP contribution is 2.14. The van der Waals surface area contributed by atoms with Crippen LogP contribution in [0.4, 0.5) is 0 Å². The van der Waals surface area contributed by atoms with Gasteiger partial charge < -0.3 is 9.47 Å². The molecule has 0 aromatic rings. The van der Waals surface area contributed by atoms with Gasteiger partial charge in [0.05, 0.1) is 24.9 Å². The minimum atomic E-state index is -0.236. The first-order valence-electron chi connectivity index (χ1n) is 5.36. The Bertz CT molecular complexity index is 228. The first-order chi connectivity index (χ1) is 7.51. The van der Waals surface area contributed by atoms with Crippen molar-refractivity contribution in [2.45, 2.75) is 33.3 Å². The first kappa shape index (κ1) is 15.3. The number of carbonyl (C=O) groups excluding carboxylic acids is 2. The molecule has 0 aliphatic carbocycles. The fraction of sp³-hybridized carbons (Fsp3) is 0.818. The van der Waals surface area contributed by atoms with Crippen LogP contribution in [0.25, 0.3) is 0 Å². The SMILES string of the molecule is CCC(CSCC(=O)OC(C)C)C(=O)OC. The Morgan fingerprint density at radius 1 is 1.31 bits per heavy atom. The molecule has 0 rings (SSSR count). The number of methoxy groups -OCH3 is 1. The van der Waals surface area contributed by atoms with Gasteiger partial charge in [0.25, 0.3) is 0 Å². The van der Waals surface area contributed by atoms with Crippen LogP contribution < -0.4 is 0 Å². The van der Waals surface area contributed by atoms with Crippen molar-refractivity contribution in [2.75, 3.05) is 18.6 Å². The van der Waals surface area contributed by atoms with E-state index in [1.54, 1.807) is 0 Å². The van der Waals surface area contributed by atoms with Crippen molar-refractivity contribution in [1.29, 1.82) is 0 Å². The number of hydrogen-bond donors (Lipinski definition) is 0. The van der Waals surface area contributed by atoms with Crippen molar-refractivity contribution in [1.82, 2.24) is 0 Å². The Morgan fingerprint density at radius 2 is 1.94 bits per heavy atom. The Labute approximate surface area is 101 Å². The Hall–Kier alpha value is -0.710. The van der Waals surface area contributed by atoms with Gasteiger partial charge in [-0.25, -0.2) is 0 Å². The minimum Gasteiger partial charge on any atom is -0.469 e. The fourth-order valence-corrected chi connectivity index (χ4v) is 2.11. The lowest BCUT2D eigenvalue weighted by atomic mass is 10.1. The molecule has 1 unspecified atom stereocenters. The summed E-state index contributed by atoms with van der Waals surface area (Å²) in [5, 5.41) is 0. The highest BCUT2D eigenvalue weighted by atomic mass is 32.2. The topological polar surface area (TPSA) is 52.6 Å². The van der Waals surface area contributed by atoms with Crippen LogP contribution >= 0.6 is 11.8 Å². The highest BCUT2D eigenvalue weighted by molar-refractivity contribution is 7.99. The molecule has 0 amide bonds. The molecular weight excluding hydrogens is 228 g/mol. The summed E-state index contributed by atoms with van der Waals surface area (Å²) < 4.78 is 9.63. The standard InChI is InChI=1S/C11H20O4S/c1-5-9(11(13)14-4)6-16-7-10(12)15-8(2)3/h8-9H,5-7H2,1-4H3. The van der Waals surface area contributed by atoms with Gasteiger partial charge in [0, 0.05) is 5.75 Å². The molecule has 0 saturated heterocycles. The van der Waals surface area contributed by atoms with E-state index in [1.165, 1.54) is 18.9 Å². The number of esters is 2. The lowest BCUT2D eigenvalue weighted by Crippen LogP contribution is -2.19. The molecule has 0 spiro atoms. The molecule has 94 valence electrons. The summed E-state index contributed by atoms with van der Waals surface area (Å²) in [4.78, 5) is 22.4. The van der Waals surface area contributed by atoms with Crippen molar-refractivity contribution < 1.29 is 19.1 Å². The maximum Gasteiger partial charge on any atom is 0.316 e. The molecule has 0 aliphatic heterocycles. The van der Waals surface area contributed by atoms with Crippen molar-refractivity contribution >= 4 is 23.7 Å². The van der Waals surface area contributed by atoms with E-state index in [1.807, 2.05) is 20.8 Å². The molecule has 5 heteroatoms. The second-order valence-corrected chi connectivity index (χ2v) is 4.71. The molecule has 0 aliphatic rings. The van der Waals surface area contributed by atoms with Gasteiger partial charge in [-0.3, -0.25) is 9.59 Å². The molecule has 0 saturated carbocycles. The monoisotopic (exact) mass is 248 g/mol. The van der Waals surface area contributed by atoms with Crippen LogP contribution in [0.1, 0.15) is 27.2 Å². The van der Waals surface area contributed by atoms with Gasteiger partial charge in [0.15, 0.2) is 0 Å². The predicted molar refractivity (Wildman–Crippen MR) is 64.4 cm³/mol. The molecule has 0 bridgehead atoms. The van der Waals surface area contributed by atoms with Crippen LogP contribution in [-0.2, 0) is 19.1 Å². The number of rotatable bonds is 7. The van der Waals surface area contributed by atoms with E-state index in [2.05, 4.69) is 4.74 Å². The summed E-state index contributed by atoms with van der Waals surface area (Å²) in [6, 6.07) is 0. The molecule has 0 fully saturated rings. The van der Waals surface area contributed by atoms with Gasteiger partial charge >= 0.3 is 11.9 Å². The minimum absolute atomic E-state index is 0.0873. The van der Waals surface area contributed by atoms with Crippen LogP contribution in [0.15, 0.2) is 0 Å². The van der Waals surface area contributed by atoms with Gasteiger partial charge in [-0.2, -0.15) is 0 Å². The number of thioether (sulfide) groups is 1. The van der Waals surface area contributed by atoms with Crippen LogP contribution in [0.5, 0.6) is 0 Å². The quantitative estimate of drug-likeness (QED) is 0.644. The summed E-state index contributed by atoms with van der Waals surface area (Å²) in [5.74, 6) is 0.288. The van der Waals surface area contributed by atoms with E-state index >= 15 is 0 Å². The maximum absolute atomic E-state index is 11.2. The Kier molecular flexibility index (Phi) is 8.07. The zero-order valence-corrected chi connectivity index (χ0v) is 11.1. The molecular formula is C11H20O4S.